The number of likely N-dealkylation sites (tertiary alicyclic amines) is 1. The van der Waals surface area contributed by atoms with Crippen molar-refractivity contribution in [3.63, 3.8) is 0 Å². The number of Topliss-reactive ketones (excluding diaryl/α,β-unsaturated/α-hetero) is 1. The Labute approximate surface area is 126 Å². The molecule has 1 heterocycles. The first-order valence-electron chi connectivity index (χ1n) is 7.62. The summed E-state index contributed by atoms with van der Waals surface area (Å²) in [7, 11) is 0. The van der Waals surface area contributed by atoms with Crippen molar-refractivity contribution in [2.75, 3.05) is 25.9 Å². The maximum absolute atomic E-state index is 12.3. The van der Waals surface area contributed by atoms with Gasteiger partial charge >= 0.3 is 0 Å². The van der Waals surface area contributed by atoms with Gasteiger partial charge in [0.15, 0.2) is 5.78 Å². The van der Waals surface area contributed by atoms with Crippen molar-refractivity contribution in [2.24, 2.45) is 5.92 Å². The molecule has 2 rings (SSSR count). The molecule has 3 heteroatoms. The number of hydrogen-bond donors (Lipinski definition) is 0. The minimum absolute atomic E-state index is 0.257. The minimum Gasteiger partial charge on any atom is -0.296 e. The molecule has 0 saturated carbocycles. The molecule has 0 amide bonds. The lowest BCUT2D eigenvalue weighted by atomic mass is 9.98. The number of nitrogens with zero attached hydrogens (tertiary/aromatic N) is 1. The molecule has 2 nitrogen and oxygen atoms in total. The Hall–Kier alpha value is -0.800. The van der Waals surface area contributed by atoms with Gasteiger partial charge in [-0.05, 0) is 56.7 Å². The Kier molecular flexibility index (Phi) is 6.11. The summed E-state index contributed by atoms with van der Waals surface area (Å²) in [6.07, 6.45) is 7.13. The van der Waals surface area contributed by atoms with Crippen LogP contribution in [-0.4, -0.2) is 36.6 Å². The van der Waals surface area contributed by atoms with E-state index in [1.54, 1.807) is 11.8 Å². The van der Waals surface area contributed by atoms with Crippen LogP contribution in [0.5, 0.6) is 0 Å². The molecule has 1 aliphatic rings. The van der Waals surface area contributed by atoms with E-state index in [0.29, 0.717) is 6.54 Å². The average molecular weight is 291 g/mol. The van der Waals surface area contributed by atoms with Crippen LogP contribution >= 0.6 is 11.8 Å². The third-order valence-corrected chi connectivity index (χ3v) is 5.04. The van der Waals surface area contributed by atoms with Gasteiger partial charge in [-0.15, -0.1) is 11.8 Å². The second-order valence-electron chi connectivity index (χ2n) is 5.63. The van der Waals surface area contributed by atoms with Crippen LogP contribution in [0.3, 0.4) is 0 Å². The predicted molar refractivity (Wildman–Crippen MR) is 86.6 cm³/mol. The van der Waals surface area contributed by atoms with E-state index in [2.05, 4.69) is 18.1 Å². The molecule has 1 atom stereocenters. The zero-order valence-electron chi connectivity index (χ0n) is 12.6. The van der Waals surface area contributed by atoms with E-state index in [0.717, 1.165) is 24.6 Å². The highest BCUT2D eigenvalue weighted by atomic mass is 32.2. The van der Waals surface area contributed by atoms with Gasteiger partial charge in [0.1, 0.15) is 0 Å². The summed E-state index contributed by atoms with van der Waals surface area (Å²) in [5.74, 6) is 1.11. The third kappa shape index (κ3) is 4.35. The summed E-state index contributed by atoms with van der Waals surface area (Å²) in [4.78, 5) is 15.9. The van der Waals surface area contributed by atoms with E-state index in [1.165, 1.54) is 30.6 Å². The number of benzene rings is 1. The monoisotopic (exact) mass is 291 g/mol. The molecule has 110 valence electrons. The van der Waals surface area contributed by atoms with Crippen molar-refractivity contribution in [3.05, 3.63) is 29.8 Å². The second kappa shape index (κ2) is 7.84. The van der Waals surface area contributed by atoms with Crippen molar-refractivity contribution in [1.29, 1.82) is 0 Å². The van der Waals surface area contributed by atoms with Gasteiger partial charge in [0.05, 0.1) is 6.54 Å². The molecule has 0 aliphatic carbocycles. The SMILES string of the molecule is CCC1CCCN(CC(=O)c2ccc(SC)cc2)CC1. The predicted octanol–water partition coefficient (Wildman–Crippen LogP) is 4.10. The summed E-state index contributed by atoms with van der Waals surface area (Å²) in [6.45, 7) is 5.01. The van der Waals surface area contributed by atoms with Crippen LogP contribution < -0.4 is 0 Å². The van der Waals surface area contributed by atoms with E-state index in [4.69, 9.17) is 0 Å². The van der Waals surface area contributed by atoms with E-state index in [-0.39, 0.29) is 5.78 Å². The van der Waals surface area contributed by atoms with Gasteiger partial charge in [0.25, 0.3) is 0 Å². The van der Waals surface area contributed by atoms with E-state index in [9.17, 15) is 4.79 Å². The number of carbonyl (C=O) groups is 1. The van der Waals surface area contributed by atoms with Crippen molar-refractivity contribution < 1.29 is 4.79 Å². The fourth-order valence-corrected chi connectivity index (χ4v) is 3.27. The van der Waals surface area contributed by atoms with E-state index < -0.39 is 0 Å². The molecule has 1 aliphatic heterocycles. The summed E-state index contributed by atoms with van der Waals surface area (Å²) >= 11 is 1.71. The molecule has 0 aromatic heterocycles. The van der Waals surface area contributed by atoms with Gasteiger partial charge in [-0.3, -0.25) is 9.69 Å². The van der Waals surface area contributed by atoms with Crippen molar-refractivity contribution in [3.8, 4) is 0 Å². The lowest BCUT2D eigenvalue weighted by Gasteiger charge is -2.19. The minimum atomic E-state index is 0.257. The van der Waals surface area contributed by atoms with Crippen LogP contribution in [0, 0.1) is 5.92 Å². The normalized spacial score (nSPS) is 20.6. The Morgan fingerprint density at radius 2 is 2.00 bits per heavy atom. The van der Waals surface area contributed by atoms with Crippen LogP contribution in [0.2, 0.25) is 0 Å². The molecule has 1 unspecified atom stereocenters. The molecule has 1 fully saturated rings. The highest BCUT2D eigenvalue weighted by Crippen LogP contribution is 2.20. The highest BCUT2D eigenvalue weighted by Gasteiger charge is 2.18. The first kappa shape index (κ1) is 15.6. The molecular weight excluding hydrogens is 266 g/mol. The fraction of sp³-hybridized carbons (Fsp3) is 0.588. The van der Waals surface area contributed by atoms with Crippen molar-refractivity contribution >= 4 is 17.5 Å². The number of ketones is 1. The average Bonchev–Trinajstić information content (AvgIpc) is 2.72. The first-order chi connectivity index (χ1) is 9.72. The molecule has 0 bridgehead atoms. The maximum atomic E-state index is 12.3. The van der Waals surface area contributed by atoms with Gasteiger partial charge in [-0.2, -0.15) is 0 Å². The number of carbonyl (C=O) groups excluding carboxylic acids is 1. The first-order valence-corrected chi connectivity index (χ1v) is 8.85. The highest BCUT2D eigenvalue weighted by molar-refractivity contribution is 7.98. The number of thioether (sulfide) groups is 1. The molecule has 1 saturated heterocycles. The number of rotatable bonds is 5. The van der Waals surface area contributed by atoms with E-state index >= 15 is 0 Å². The van der Waals surface area contributed by atoms with Crippen LogP contribution in [0.25, 0.3) is 0 Å². The molecule has 1 aromatic carbocycles. The van der Waals surface area contributed by atoms with Gasteiger partial charge < -0.3 is 0 Å². The van der Waals surface area contributed by atoms with Crippen molar-refractivity contribution in [2.45, 2.75) is 37.5 Å². The Balaban J connectivity index is 1.90. The largest absolute Gasteiger partial charge is 0.296 e. The fourth-order valence-electron chi connectivity index (χ4n) is 2.86. The Bertz CT molecular complexity index is 429. The van der Waals surface area contributed by atoms with Gasteiger partial charge in [-0.25, -0.2) is 0 Å². The summed E-state index contributed by atoms with van der Waals surface area (Å²) < 4.78 is 0. The zero-order chi connectivity index (χ0) is 14.4. The van der Waals surface area contributed by atoms with Crippen LogP contribution in [-0.2, 0) is 0 Å². The smallest absolute Gasteiger partial charge is 0.176 e. The van der Waals surface area contributed by atoms with Crippen LogP contribution in [0.15, 0.2) is 29.2 Å². The molecule has 0 N–H and O–H groups in total. The van der Waals surface area contributed by atoms with Crippen molar-refractivity contribution in [1.82, 2.24) is 4.90 Å². The molecule has 0 spiro atoms. The van der Waals surface area contributed by atoms with Gasteiger partial charge in [0.2, 0.25) is 0 Å². The molecule has 1 aromatic rings. The van der Waals surface area contributed by atoms with E-state index in [1.807, 2.05) is 24.3 Å². The standard InChI is InChI=1S/C17H25NOS/c1-3-14-5-4-11-18(12-10-14)13-17(19)15-6-8-16(20-2)9-7-15/h6-9,14H,3-5,10-13H2,1-2H3. The summed E-state index contributed by atoms with van der Waals surface area (Å²) in [5, 5.41) is 0. The molecule has 20 heavy (non-hydrogen) atoms. The second-order valence-corrected chi connectivity index (χ2v) is 6.51. The Morgan fingerprint density at radius 1 is 1.25 bits per heavy atom. The lowest BCUT2D eigenvalue weighted by molar-refractivity contribution is 0.0932. The Morgan fingerprint density at radius 3 is 2.65 bits per heavy atom. The maximum Gasteiger partial charge on any atom is 0.176 e. The quantitative estimate of drug-likeness (QED) is 0.601. The zero-order valence-corrected chi connectivity index (χ0v) is 13.4. The van der Waals surface area contributed by atoms with Crippen LogP contribution in [0.4, 0.5) is 0 Å². The summed E-state index contributed by atoms with van der Waals surface area (Å²) in [5.41, 5.74) is 0.846. The van der Waals surface area contributed by atoms with Gasteiger partial charge in [-0.1, -0.05) is 25.5 Å². The molecular formula is C17H25NOS. The third-order valence-electron chi connectivity index (χ3n) is 4.30. The topological polar surface area (TPSA) is 20.3 Å². The van der Waals surface area contributed by atoms with Gasteiger partial charge in [0, 0.05) is 10.5 Å². The van der Waals surface area contributed by atoms with Crippen LogP contribution in [0.1, 0.15) is 43.0 Å². The molecule has 0 radical (unpaired) electrons. The number of hydrogen-bond acceptors (Lipinski definition) is 3. The lowest BCUT2D eigenvalue weighted by Crippen LogP contribution is -2.31. The summed E-state index contributed by atoms with van der Waals surface area (Å²) in [6, 6.07) is 7.99.